The van der Waals surface area contributed by atoms with Gasteiger partial charge in [-0.1, -0.05) is 12.1 Å². The van der Waals surface area contributed by atoms with Gasteiger partial charge in [-0.15, -0.1) is 0 Å². The monoisotopic (exact) mass is 356 g/mol. The van der Waals surface area contributed by atoms with Crippen LogP contribution in [0.5, 0.6) is 11.5 Å². The fourth-order valence-electron chi connectivity index (χ4n) is 2.42. The Kier molecular flexibility index (Phi) is 6.60. The Morgan fingerprint density at radius 2 is 1.88 bits per heavy atom. The van der Waals surface area contributed by atoms with E-state index in [0.29, 0.717) is 35.9 Å². The number of carbonyl (C=O) groups excluding carboxylic acids is 2. The summed E-state index contributed by atoms with van der Waals surface area (Å²) in [5, 5.41) is 2.87. The number of nitrogens with zero attached hydrogens (tertiary/aromatic N) is 1. The number of ether oxygens (including phenoxy) is 2. The number of amides is 2. The summed E-state index contributed by atoms with van der Waals surface area (Å²) in [5.74, 6) is 0.849. The summed E-state index contributed by atoms with van der Waals surface area (Å²) in [5.41, 5.74) is 2.07. The summed E-state index contributed by atoms with van der Waals surface area (Å²) < 4.78 is 10.7. The largest absolute Gasteiger partial charge is 0.493 e. The lowest BCUT2D eigenvalue weighted by Gasteiger charge is -2.15. The van der Waals surface area contributed by atoms with Crippen molar-refractivity contribution in [3.05, 3.63) is 53.6 Å². The smallest absolute Gasteiger partial charge is 0.255 e. The number of hydrogen-bond acceptors (Lipinski definition) is 4. The van der Waals surface area contributed by atoms with Crippen LogP contribution in [-0.4, -0.2) is 37.5 Å². The van der Waals surface area contributed by atoms with Crippen LogP contribution in [0.15, 0.2) is 42.5 Å². The number of rotatable bonds is 7. The third-order valence-electron chi connectivity index (χ3n) is 3.87. The number of anilines is 1. The molecule has 0 aliphatic heterocycles. The maximum atomic E-state index is 12.5. The Labute approximate surface area is 153 Å². The van der Waals surface area contributed by atoms with Gasteiger partial charge in [0.05, 0.1) is 13.7 Å². The second kappa shape index (κ2) is 8.89. The Balaban J connectivity index is 2.13. The summed E-state index contributed by atoms with van der Waals surface area (Å²) in [6.07, 6.45) is 0. The van der Waals surface area contributed by atoms with Crippen molar-refractivity contribution in [3.8, 4) is 11.5 Å². The Bertz CT molecular complexity index is 789. The van der Waals surface area contributed by atoms with Gasteiger partial charge in [-0.3, -0.25) is 9.59 Å². The number of methoxy groups -OCH3 is 1. The zero-order valence-electron chi connectivity index (χ0n) is 15.5. The molecule has 1 N–H and O–H groups in total. The molecule has 2 aromatic rings. The first-order valence-electron chi connectivity index (χ1n) is 8.37. The van der Waals surface area contributed by atoms with E-state index in [-0.39, 0.29) is 11.8 Å². The Morgan fingerprint density at radius 3 is 2.54 bits per heavy atom. The molecule has 0 atom stereocenters. The van der Waals surface area contributed by atoms with E-state index >= 15 is 0 Å². The third-order valence-corrected chi connectivity index (χ3v) is 3.87. The van der Waals surface area contributed by atoms with E-state index in [1.807, 2.05) is 25.1 Å². The predicted molar refractivity (Wildman–Crippen MR) is 101 cm³/mol. The minimum atomic E-state index is -0.247. The normalized spacial score (nSPS) is 10.2. The molecule has 2 aromatic carbocycles. The summed E-state index contributed by atoms with van der Waals surface area (Å²) in [4.78, 5) is 25.5. The molecule has 0 aromatic heterocycles. The fraction of sp³-hybridized carbons (Fsp3) is 0.300. The van der Waals surface area contributed by atoms with E-state index in [9.17, 15) is 9.59 Å². The molecule has 0 aliphatic rings. The van der Waals surface area contributed by atoms with Crippen LogP contribution < -0.4 is 14.8 Å². The minimum Gasteiger partial charge on any atom is -0.493 e. The van der Waals surface area contributed by atoms with Gasteiger partial charge in [-0.2, -0.15) is 0 Å². The maximum absolute atomic E-state index is 12.5. The van der Waals surface area contributed by atoms with Crippen LogP contribution in [-0.2, 0) is 11.3 Å². The molecule has 2 rings (SSSR count). The zero-order chi connectivity index (χ0) is 19.1. The van der Waals surface area contributed by atoms with Crippen LogP contribution in [0.25, 0.3) is 0 Å². The molecule has 6 nitrogen and oxygen atoms in total. The van der Waals surface area contributed by atoms with Gasteiger partial charge in [0.25, 0.3) is 5.91 Å². The van der Waals surface area contributed by atoms with Crippen LogP contribution in [0, 0.1) is 0 Å². The molecule has 138 valence electrons. The summed E-state index contributed by atoms with van der Waals surface area (Å²) in [6.45, 7) is 4.40. The molecule has 0 saturated heterocycles. The van der Waals surface area contributed by atoms with Crippen LogP contribution in [0.1, 0.15) is 29.8 Å². The average molecular weight is 356 g/mol. The molecule has 0 bridgehead atoms. The molecule has 0 radical (unpaired) electrons. The first kappa shape index (κ1) is 19.3. The van der Waals surface area contributed by atoms with E-state index in [1.165, 1.54) is 14.0 Å². The summed E-state index contributed by atoms with van der Waals surface area (Å²) in [6, 6.07) is 12.5. The topological polar surface area (TPSA) is 67.9 Å². The summed E-state index contributed by atoms with van der Waals surface area (Å²) >= 11 is 0. The van der Waals surface area contributed by atoms with Gasteiger partial charge in [-0.05, 0) is 42.8 Å². The minimum absolute atomic E-state index is 0.0130. The second-order valence-electron chi connectivity index (χ2n) is 5.83. The quantitative estimate of drug-likeness (QED) is 0.826. The zero-order valence-corrected chi connectivity index (χ0v) is 15.5. The molecule has 2 amide bonds. The lowest BCUT2D eigenvalue weighted by Crippen LogP contribution is -2.23. The van der Waals surface area contributed by atoms with E-state index < -0.39 is 0 Å². The number of carbonyl (C=O) groups is 2. The molecule has 6 heteroatoms. The van der Waals surface area contributed by atoms with Gasteiger partial charge in [-0.25, -0.2) is 0 Å². The van der Waals surface area contributed by atoms with E-state index in [1.54, 1.807) is 36.2 Å². The SMILES string of the molecule is CCOc1ccc(C(=O)Nc2cccc(CN(C)C(C)=O)c2)cc1OC. The standard InChI is InChI=1S/C20H24N2O4/c1-5-26-18-10-9-16(12-19(18)25-4)20(24)21-17-8-6-7-15(11-17)13-22(3)14(2)23/h6-12H,5,13H2,1-4H3,(H,21,24). The van der Waals surface area contributed by atoms with Crippen LogP contribution in [0.2, 0.25) is 0 Å². The third kappa shape index (κ3) is 4.99. The number of benzene rings is 2. The van der Waals surface area contributed by atoms with Crippen molar-refractivity contribution in [2.45, 2.75) is 20.4 Å². The van der Waals surface area contributed by atoms with Gasteiger partial charge in [0.2, 0.25) is 5.91 Å². The van der Waals surface area contributed by atoms with Crippen LogP contribution in [0.3, 0.4) is 0 Å². The number of hydrogen-bond donors (Lipinski definition) is 1. The Morgan fingerprint density at radius 1 is 1.12 bits per heavy atom. The van der Waals surface area contributed by atoms with Crippen LogP contribution >= 0.6 is 0 Å². The van der Waals surface area contributed by atoms with Crippen molar-refractivity contribution < 1.29 is 19.1 Å². The maximum Gasteiger partial charge on any atom is 0.255 e. The van der Waals surface area contributed by atoms with Gasteiger partial charge < -0.3 is 19.7 Å². The van der Waals surface area contributed by atoms with Crippen molar-refractivity contribution in [1.29, 1.82) is 0 Å². The average Bonchev–Trinajstić information content (AvgIpc) is 2.62. The highest BCUT2D eigenvalue weighted by atomic mass is 16.5. The van der Waals surface area contributed by atoms with Crippen LogP contribution in [0.4, 0.5) is 5.69 Å². The first-order chi connectivity index (χ1) is 12.4. The Hall–Kier alpha value is -3.02. The molecular formula is C20H24N2O4. The van der Waals surface area contributed by atoms with E-state index in [2.05, 4.69) is 5.32 Å². The molecule has 0 heterocycles. The van der Waals surface area contributed by atoms with Gasteiger partial charge in [0.15, 0.2) is 11.5 Å². The molecule has 0 spiro atoms. The molecule has 26 heavy (non-hydrogen) atoms. The van der Waals surface area contributed by atoms with Crippen molar-refractivity contribution in [1.82, 2.24) is 4.90 Å². The highest BCUT2D eigenvalue weighted by Gasteiger charge is 2.12. The highest BCUT2D eigenvalue weighted by Crippen LogP contribution is 2.28. The first-order valence-corrected chi connectivity index (χ1v) is 8.37. The molecule has 0 aliphatic carbocycles. The second-order valence-corrected chi connectivity index (χ2v) is 5.83. The van der Waals surface area contributed by atoms with Gasteiger partial charge in [0, 0.05) is 31.8 Å². The molecule has 0 saturated carbocycles. The van der Waals surface area contributed by atoms with Crippen molar-refractivity contribution in [3.63, 3.8) is 0 Å². The number of nitrogens with one attached hydrogen (secondary N) is 1. The van der Waals surface area contributed by atoms with Crippen molar-refractivity contribution in [2.24, 2.45) is 0 Å². The predicted octanol–water partition coefficient (Wildman–Crippen LogP) is 3.32. The fourth-order valence-corrected chi connectivity index (χ4v) is 2.42. The van der Waals surface area contributed by atoms with E-state index in [4.69, 9.17) is 9.47 Å². The van der Waals surface area contributed by atoms with E-state index in [0.717, 1.165) is 5.56 Å². The van der Waals surface area contributed by atoms with Crippen molar-refractivity contribution >= 4 is 17.5 Å². The van der Waals surface area contributed by atoms with Crippen molar-refractivity contribution in [2.75, 3.05) is 26.1 Å². The van der Waals surface area contributed by atoms with Gasteiger partial charge >= 0.3 is 0 Å². The highest BCUT2D eigenvalue weighted by molar-refractivity contribution is 6.04. The lowest BCUT2D eigenvalue weighted by molar-refractivity contribution is -0.128. The van der Waals surface area contributed by atoms with Gasteiger partial charge in [0.1, 0.15) is 0 Å². The summed E-state index contributed by atoms with van der Waals surface area (Å²) in [7, 11) is 3.27. The lowest BCUT2D eigenvalue weighted by atomic mass is 10.1. The molecule has 0 fully saturated rings. The molecule has 0 unspecified atom stereocenters. The molecular weight excluding hydrogens is 332 g/mol.